The lowest BCUT2D eigenvalue weighted by molar-refractivity contribution is -0.139. The maximum atomic E-state index is 13.3. The molecule has 160 valence electrons. The molecule has 1 N–H and O–H groups in total. The number of nitrogens with zero attached hydrogens (tertiary/aromatic N) is 1. The summed E-state index contributed by atoms with van der Waals surface area (Å²) < 4.78 is 0. The second-order valence-corrected chi connectivity index (χ2v) is 9.01. The van der Waals surface area contributed by atoms with Crippen LogP contribution in [-0.4, -0.2) is 34.6 Å². The Bertz CT molecular complexity index is 834. The summed E-state index contributed by atoms with van der Waals surface area (Å²) in [5.41, 5.74) is 2.22. The van der Waals surface area contributed by atoms with Crippen LogP contribution >= 0.6 is 11.8 Å². The van der Waals surface area contributed by atoms with E-state index in [1.54, 1.807) is 4.90 Å². The summed E-state index contributed by atoms with van der Waals surface area (Å²) in [5, 5.41) is 3.20. The van der Waals surface area contributed by atoms with Crippen LogP contribution in [0.15, 0.2) is 59.5 Å². The van der Waals surface area contributed by atoms with E-state index in [2.05, 4.69) is 18.3 Å². The summed E-state index contributed by atoms with van der Waals surface area (Å²) >= 11 is 1.52. The molecule has 30 heavy (non-hydrogen) atoms. The van der Waals surface area contributed by atoms with Gasteiger partial charge in [-0.25, -0.2) is 0 Å². The maximum absolute atomic E-state index is 13.3. The maximum Gasteiger partial charge on any atom is 0.243 e. The normalized spacial score (nSPS) is 15.0. The van der Waals surface area contributed by atoms with Crippen LogP contribution in [0.4, 0.5) is 0 Å². The van der Waals surface area contributed by atoms with Crippen LogP contribution in [0.25, 0.3) is 0 Å². The van der Waals surface area contributed by atoms with E-state index in [1.165, 1.54) is 24.6 Å². The van der Waals surface area contributed by atoms with Gasteiger partial charge in [-0.15, -0.1) is 11.8 Å². The third-order valence-electron chi connectivity index (χ3n) is 5.79. The van der Waals surface area contributed by atoms with E-state index < -0.39 is 6.04 Å². The minimum absolute atomic E-state index is 0.000489. The van der Waals surface area contributed by atoms with Gasteiger partial charge in [-0.2, -0.15) is 0 Å². The van der Waals surface area contributed by atoms with Gasteiger partial charge in [-0.1, -0.05) is 62.2 Å². The molecular formula is C25H32N2O2S. The van der Waals surface area contributed by atoms with Crippen molar-refractivity contribution in [2.24, 2.45) is 0 Å². The van der Waals surface area contributed by atoms with Gasteiger partial charge in [-0.3, -0.25) is 9.59 Å². The molecule has 0 bridgehead atoms. The molecule has 2 aromatic rings. The molecule has 1 saturated carbocycles. The molecule has 2 aromatic carbocycles. The first kappa shape index (κ1) is 22.4. The van der Waals surface area contributed by atoms with Crippen molar-refractivity contribution in [3.05, 3.63) is 65.7 Å². The number of nitrogens with one attached hydrogen (secondary N) is 1. The third-order valence-corrected chi connectivity index (χ3v) is 6.79. The zero-order chi connectivity index (χ0) is 21.3. The van der Waals surface area contributed by atoms with Crippen LogP contribution < -0.4 is 5.32 Å². The highest BCUT2D eigenvalue weighted by Gasteiger charge is 2.30. The Morgan fingerprint density at radius 2 is 1.73 bits per heavy atom. The largest absolute Gasteiger partial charge is 0.352 e. The van der Waals surface area contributed by atoms with Gasteiger partial charge >= 0.3 is 0 Å². The summed E-state index contributed by atoms with van der Waals surface area (Å²) in [6.45, 7) is 4.50. The number of amides is 2. The fourth-order valence-electron chi connectivity index (χ4n) is 4.00. The van der Waals surface area contributed by atoms with E-state index in [0.29, 0.717) is 18.7 Å². The Hall–Kier alpha value is -2.27. The van der Waals surface area contributed by atoms with Crippen LogP contribution in [0, 0.1) is 6.92 Å². The van der Waals surface area contributed by atoms with Crippen molar-refractivity contribution < 1.29 is 9.59 Å². The lowest BCUT2D eigenvalue weighted by atomic mass is 10.1. The highest BCUT2D eigenvalue weighted by molar-refractivity contribution is 8.00. The topological polar surface area (TPSA) is 49.4 Å². The van der Waals surface area contributed by atoms with E-state index in [-0.39, 0.29) is 17.9 Å². The number of aryl methyl sites for hydroxylation is 1. The number of rotatable bonds is 9. The number of carbonyl (C=O) groups is 2. The van der Waals surface area contributed by atoms with Gasteiger partial charge < -0.3 is 10.2 Å². The van der Waals surface area contributed by atoms with Crippen LogP contribution in [0.3, 0.4) is 0 Å². The van der Waals surface area contributed by atoms with Gasteiger partial charge in [0.05, 0.1) is 5.75 Å². The second kappa shape index (κ2) is 11.2. The standard InChI is InChI=1S/C25H32N2O2S/c1-3-23(25(29)26-21-13-9-10-14-21)27(17-20-12-8-7-11-19(20)2)24(28)18-30-22-15-5-4-6-16-22/h4-8,11-12,15-16,21,23H,3,9-10,13-14,17-18H2,1-2H3,(H,26,29)/t23-/m0/s1. The third kappa shape index (κ3) is 6.11. The van der Waals surface area contributed by atoms with Crippen molar-refractivity contribution in [1.82, 2.24) is 10.2 Å². The number of thioether (sulfide) groups is 1. The molecule has 5 heteroatoms. The van der Waals surface area contributed by atoms with E-state index in [1.807, 2.05) is 55.5 Å². The van der Waals surface area contributed by atoms with Crippen molar-refractivity contribution in [2.75, 3.05) is 5.75 Å². The number of benzene rings is 2. The smallest absolute Gasteiger partial charge is 0.243 e. The van der Waals surface area contributed by atoms with Crippen LogP contribution in [0.2, 0.25) is 0 Å². The summed E-state index contributed by atoms with van der Waals surface area (Å²) in [6, 6.07) is 17.8. The quantitative estimate of drug-likeness (QED) is 0.579. The zero-order valence-corrected chi connectivity index (χ0v) is 18.8. The highest BCUT2D eigenvalue weighted by Crippen LogP contribution is 2.22. The fraction of sp³-hybridized carbons (Fsp3) is 0.440. The summed E-state index contributed by atoms with van der Waals surface area (Å²) in [4.78, 5) is 29.3. The summed E-state index contributed by atoms with van der Waals surface area (Å²) in [6.07, 6.45) is 5.02. The highest BCUT2D eigenvalue weighted by atomic mass is 32.2. The van der Waals surface area contributed by atoms with Crippen molar-refractivity contribution in [3.8, 4) is 0 Å². The van der Waals surface area contributed by atoms with Gasteiger partial charge in [0.25, 0.3) is 0 Å². The molecule has 3 rings (SSSR count). The van der Waals surface area contributed by atoms with E-state index in [9.17, 15) is 9.59 Å². The Balaban J connectivity index is 1.76. The van der Waals surface area contributed by atoms with E-state index in [4.69, 9.17) is 0 Å². The first-order valence-corrected chi connectivity index (χ1v) is 11.9. The number of hydrogen-bond donors (Lipinski definition) is 1. The molecule has 2 amide bonds. The van der Waals surface area contributed by atoms with Crippen molar-refractivity contribution in [2.45, 2.75) is 69.5 Å². The zero-order valence-electron chi connectivity index (χ0n) is 18.0. The minimum Gasteiger partial charge on any atom is -0.352 e. The molecule has 0 unspecified atom stereocenters. The van der Waals surface area contributed by atoms with Crippen molar-refractivity contribution in [3.63, 3.8) is 0 Å². The molecular weight excluding hydrogens is 392 g/mol. The number of carbonyl (C=O) groups excluding carboxylic acids is 2. The van der Waals surface area contributed by atoms with Crippen LogP contribution in [-0.2, 0) is 16.1 Å². The van der Waals surface area contributed by atoms with Crippen molar-refractivity contribution >= 4 is 23.6 Å². The molecule has 0 radical (unpaired) electrons. The molecule has 1 fully saturated rings. The number of hydrogen-bond acceptors (Lipinski definition) is 3. The fourth-order valence-corrected chi connectivity index (χ4v) is 4.81. The first-order chi connectivity index (χ1) is 14.6. The monoisotopic (exact) mass is 424 g/mol. The van der Waals surface area contributed by atoms with Gasteiger partial charge in [0.1, 0.15) is 6.04 Å². The van der Waals surface area contributed by atoms with Gasteiger partial charge in [0, 0.05) is 17.5 Å². The van der Waals surface area contributed by atoms with E-state index in [0.717, 1.165) is 28.9 Å². The van der Waals surface area contributed by atoms with Gasteiger partial charge in [0.15, 0.2) is 0 Å². The molecule has 1 aliphatic carbocycles. The van der Waals surface area contributed by atoms with Crippen molar-refractivity contribution in [1.29, 1.82) is 0 Å². The first-order valence-electron chi connectivity index (χ1n) is 10.9. The summed E-state index contributed by atoms with van der Waals surface area (Å²) in [7, 11) is 0. The molecule has 4 nitrogen and oxygen atoms in total. The molecule has 0 aliphatic heterocycles. The SMILES string of the molecule is CC[C@@H](C(=O)NC1CCCC1)N(Cc1ccccc1C)C(=O)CSc1ccccc1. The Labute approximate surface area is 184 Å². The minimum atomic E-state index is -0.450. The van der Waals surface area contributed by atoms with Gasteiger partial charge in [-0.05, 0) is 49.4 Å². The predicted octanol–water partition coefficient (Wildman–Crippen LogP) is 4.95. The molecule has 0 heterocycles. The predicted molar refractivity (Wildman–Crippen MR) is 123 cm³/mol. The van der Waals surface area contributed by atoms with E-state index >= 15 is 0 Å². The lowest BCUT2D eigenvalue weighted by Crippen LogP contribution is -2.51. The molecule has 0 saturated heterocycles. The average Bonchev–Trinajstić information content (AvgIpc) is 3.27. The Kier molecular flexibility index (Phi) is 8.38. The Morgan fingerprint density at radius 1 is 1.07 bits per heavy atom. The lowest BCUT2D eigenvalue weighted by Gasteiger charge is -2.32. The summed E-state index contributed by atoms with van der Waals surface area (Å²) in [5.74, 6) is 0.305. The van der Waals surface area contributed by atoms with Gasteiger partial charge in [0.2, 0.25) is 11.8 Å². The van der Waals surface area contributed by atoms with Crippen LogP contribution in [0.5, 0.6) is 0 Å². The molecule has 0 spiro atoms. The Morgan fingerprint density at radius 3 is 2.40 bits per heavy atom. The van der Waals surface area contributed by atoms with Crippen LogP contribution in [0.1, 0.15) is 50.2 Å². The molecule has 1 aliphatic rings. The second-order valence-electron chi connectivity index (χ2n) is 7.96. The average molecular weight is 425 g/mol. The molecule has 0 aromatic heterocycles. The molecule has 1 atom stereocenters.